The third-order valence-corrected chi connectivity index (χ3v) is 15.7. The summed E-state index contributed by atoms with van der Waals surface area (Å²) in [4.78, 5) is 10.8. The second-order valence-electron chi connectivity index (χ2n) is 16.4. The Bertz CT molecular complexity index is 1980. The number of thioether (sulfide) groups is 1. The third-order valence-electron chi connectivity index (χ3n) is 11.3. The molecule has 0 spiro atoms. The molecule has 1 heterocycles. The van der Waals surface area contributed by atoms with Gasteiger partial charge in [-0.15, -0.1) is 0 Å². The molecule has 24 heteroatoms. The van der Waals surface area contributed by atoms with Gasteiger partial charge in [0.15, 0.2) is 17.1 Å². The van der Waals surface area contributed by atoms with Gasteiger partial charge < -0.3 is 5.11 Å². The second-order valence-corrected chi connectivity index (χ2v) is 22.6. The van der Waals surface area contributed by atoms with Crippen LogP contribution in [-0.4, -0.2) is 75.2 Å². The summed E-state index contributed by atoms with van der Waals surface area (Å²) < 4.78 is 173. The van der Waals surface area contributed by atoms with Gasteiger partial charge in [0.25, 0.3) is 4.20 Å². The fourth-order valence-electron chi connectivity index (χ4n) is 7.64. The van der Waals surface area contributed by atoms with E-state index in [9.17, 15) is 48.7 Å². The summed E-state index contributed by atoms with van der Waals surface area (Å²) in [6.07, 6.45) is 21.1. The molecule has 2 aromatic carbocycles. The fraction of sp³-hybridized carbons (Fsp3) is 0.682. The molecule has 0 radical (unpaired) electrons. The zero-order chi connectivity index (χ0) is 51.9. The molecule has 68 heavy (non-hydrogen) atoms. The summed E-state index contributed by atoms with van der Waals surface area (Å²) in [6, 6.07) is 5.63. The monoisotopic (exact) mass is 1100 g/mol. The summed E-state index contributed by atoms with van der Waals surface area (Å²) >= 11 is 11.1. The number of benzene rings is 2. The molecule has 0 atom stereocenters. The Hall–Kier alpha value is -1.83. The minimum Gasteiger partial charge on any atom is -0.477 e. The van der Waals surface area contributed by atoms with Crippen LogP contribution in [-0.2, 0) is 31.6 Å². The first kappa shape index (κ1) is 64.2. The highest BCUT2D eigenvalue weighted by Gasteiger charge is 2.45. The van der Waals surface area contributed by atoms with E-state index in [1.807, 2.05) is 0 Å². The molecule has 0 bridgehead atoms. The first-order chi connectivity index (χ1) is 31.6. The van der Waals surface area contributed by atoms with Crippen molar-refractivity contribution in [1.29, 1.82) is 0 Å². The Morgan fingerprint density at radius 1 is 0.647 bits per heavy atom. The van der Waals surface area contributed by atoms with Crippen LogP contribution in [0.25, 0.3) is 0 Å². The van der Waals surface area contributed by atoms with Gasteiger partial charge >= 0.3 is 37.2 Å². The molecular weight excluding hydrogens is 1040 g/mol. The number of alkyl halides is 6. The predicted octanol–water partition coefficient (Wildman–Crippen LogP) is 14.1. The highest BCUT2D eigenvalue weighted by atomic mass is 32.2. The van der Waals surface area contributed by atoms with Crippen LogP contribution in [0.15, 0.2) is 24.3 Å². The van der Waals surface area contributed by atoms with Gasteiger partial charge in [0.05, 0.1) is 0 Å². The number of halogens is 10. The molecule has 0 unspecified atom stereocenters. The van der Waals surface area contributed by atoms with Crippen LogP contribution in [0.5, 0.6) is 0 Å². The molecule has 392 valence electrons. The van der Waals surface area contributed by atoms with Crippen molar-refractivity contribution in [1.82, 2.24) is 0 Å². The lowest BCUT2D eigenvalue weighted by molar-refractivity contribution is -0.0514. The highest BCUT2D eigenvalue weighted by Crippen LogP contribution is 2.40. The van der Waals surface area contributed by atoms with Crippen molar-refractivity contribution in [3.05, 3.63) is 69.8 Å². The van der Waals surface area contributed by atoms with Gasteiger partial charge in [0.2, 0.25) is 0 Å². The molecule has 2 fully saturated rings. The van der Waals surface area contributed by atoms with E-state index in [0.717, 1.165) is 96.0 Å². The molecular formula is C44H63F10O8S6+. The zero-order valence-electron chi connectivity index (χ0n) is 37.9. The van der Waals surface area contributed by atoms with E-state index in [0.29, 0.717) is 11.5 Å². The maximum absolute atomic E-state index is 14.6. The Morgan fingerprint density at radius 2 is 1.00 bits per heavy atom. The second kappa shape index (κ2) is 31.6. The molecule has 8 nitrogen and oxygen atoms in total. The van der Waals surface area contributed by atoms with Crippen molar-refractivity contribution >= 4 is 78.8 Å². The van der Waals surface area contributed by atoms with E-state index in [1.54, 1.807) is 35.2 Å². The number of rotatable bonds is 14. The number of carbonyl (C=O) groups is 1. The normalized spacial score (nSPS) is 19.9. The number of carboxylic acid groups (broad SMARTS) is 1. The van der Waals surface area contributed by atoms with E-state index in [1.165, 1.54) is 76.3 Å². The van der Waals surface area contributed by atoms with E-state index in [4.69, 9.17) is 31.0 Å². The van der Waals surface area contributed by atoms with Crippen molar-refractivity contribution in [2.24, 2.45) is 11.8 Å². The number of aromatic carboxylic acids is 1. The summed E-state index contributed by atoms with van der Waals surface area (Å²) in [5, 5.41) is 8.81. The molecule has 5 rings (SSSR count). The minimum absolute atomic E-state index is 0.147. The van der Waals surface area contributed by atoms with Gasteiger partial charge in [0, 0.05) is 12.2 Å². The zero-order valence-corrected chi connectivity index (χ0v) is 42.9. The van der Waals surface area contributed by atoms with Gasteiger partial charge in [-0.1, -0.05) is 77.0 Å². The van der Waals surface area contributed by atoms with Crippen molar-refractivity contribution in [2.45, 2.75) is 152 Å². The summed E-state index contributed by atoms with van der Waals surface area (Å²) in [6.45, 7) is 4.44. The fourth-order valence-corrected chi connectivity index (χ4v) is 10.8. The maximum Gasteiger partial charge on any atom is 0.522 e. The van der Waals surface area contributed by atoms with Gasteiger partial charge in [-0.05, 0) is 128 Å². The van der Waals surface area contributed by atoms with Crippen LogP contribution in [0.3, 0.4) is 0 Å². The Kier molecular flexibility index (Phi) is 29.8. The van der Waals surface area contributed by atoms with E-state index < -0.39 is 54.4 Å². The highest BCUT2D eigenvalue weighted by molar-refractivity contribution is 8.23. The number of hydrogen-bond donors (Lipinski definition) is 5. The summed E-state index contributed by atoms with van der Waals surface area (Å²) in [5.74, 6) is 1.67. The van der Waals surface area contributed by atoms with Crippen LogP contribution in [0, 0.1) is 35.1 Å². The van der Waals surface area contributed by atoms with Crippen molar-refractivity contribution in [3.63, 3.8) is 0 Å². The quantitative estimate of drug-likeness (QED) is 0.0237. The van der Waals surface area contributed by atoms with Crippen LogP contribution in [0.1, 0.15) is 168 Å². The average Bonchev–Trinajstić information content (AvgIpc) is 3.24. The first-order valence-corrected chi connectivity index (χ1v) is 28.4. The smallest absolute Gasteiger partial charge is 0.477 e. The van der Waals surface area contributed by atoms with Crippen LogP contribution >= 0.6 is 37.0 Å². The Balaban J connectivity index is 0.000000484. The number of thiol groups is 2. The lowest BCUT2D eigenvalue weighted by atomic mass is 9.77. The van der Waals surface area contributed by atoms with Crippen molar-refractivity contribution in [2.75, 3.05) is 23.0 Å². The maximum atomic E-state index is 14.6. The van der Waals surface area contributed by atoms with Crippen LogP contribution in [0.2, 0.25) is 0 Å². The molecule has 3 N–H and O–H groups in total. The summed E-state index contributed by atoms with van der Waals surface area (Å²) in [7, 11) is -11.7. The van der Waals surface area contributed by atoms with E-state index in [-0.39, 0.29) is 23.1 Å². The van der Waals surface area contributed by atoms with Gasteiger partial charge in [-0.3, -0.25) is 9.11 Å². The Morgan fingerprint density at radius 3 is 1.26 bits per heavy atom. The summed E-state index contributed by atoms with van der Waals surface area (Å²) in [5.41, 5.74) is -10.2. The number of hydrogen-bond acceptors (Lipinski definition) is 8. The first-order valence-electron chi connectivity index (χ1n) is 22.3. The number of carboxylic acids is 1. The van der Waals surface area contributed by atoms with Crippen LogP contribution < -0.4 is 0 Å². The molecule has 2 saturated carbocycles. The van der Waals surface area contributed by atoms with Crippen molar-refractivity contribution < 1.29 is 79.7 Å². The standard InChI is InChI=1S/C21H29F2S2.C18H24F2O2.C3H8S2.2CHF3O3S/c1-2-3-4-6-15-7-9-16(10-8-15)17-13-18(22)20(19(23)14-17)21-24-11-5-12-25-21;1-2-3-4-5-12-6-8-13(9-7-12)14-10-15(19)17(18(21)22)16(20)11-14;4-2-1-3-5;2*2-1(3,4)8(5,6)7/h13-16H,2-12H2,1H3;10-13H,2-9H2,1H3,(H,21,22);4-5H,1-3H2;2*(H,5,6,7)/q+1;;;;. The molecule has 0 saturated heterocycles. The molecule has 0 aromatic heterocycles. The average molecular weight is 1100 g/mol. The molecule has 1 aliphatic heterocycles. The molecule has 3 aliphatic rings. The SMILES string of the molecule is CCCCCC1CCC(c2cc(F)c(C(=O)O)c(F)c2)CC1.CCCCCC1CCC(c2cc(F)c(C3=[S+]CCCS3)c(F)c2)CC1.O=S(=O)(O)C(F)(F)F.O=S(=O)(O)C(F)(F)F.SCCCS. The van der Waals surface area contributed by atoms with E-state index >= 15 is 0 Å². The van der Waals surface area contributed by atoms with Gasteiger partial charge in [-0.25, -0.2) is 22.4 Å². The topological polar surface area (TPSA) is 146 Å². The third kappa shape index (κ3) is 23.6. The molecule has 0 amide bonds. The molecule has 2 aromatic rings. The lowest BCUT2D eigenvalue weighted by Gasteiger charge is -2.29. The van der Waals surface area contributed by atoms with Gasteiger partial charge in [-0.2, -0.15) is 68.4 Å². The van der Waals surface area contributed by atoms with Crippen LogP contribution in [0.4, 0.5) is 43.9 Å². The minimum atomic E-state index is -5.84. The number of unbranched alkanes of at least 4 members (excludes halogenated alkanes) is 4. The van der Waals surface area contributed by atoms with E-state index in [2.05, 4.69) is 39.1 Å². The molecule has 2 aliphatic carbocycles. The van der Waals surface area contributed by atoms with Crippen molar-refractivity contribution in [3.8, 4) is 0 Å². The Labute approximate surface area is 413 Å². The lowest BCUT2D eigenvalue weighted by Crippen LogP contribution is -2.21. The van der Waals surface area contributed by atoms with Gasteiger partial charge in [0.1, 0.15) is 34.4 Å². The predicted molar refractivity (Wildman–Crippen MR) is 258 cm³/mol. The largest absolute Gasteiger partial charge is 0.522 e.